The zero-order valence-corrected chi connectivity index (χ0v) is 17.9. The van der Waals surface area contributed by atoms with Crippen molar-refractivity contribution in [2.75, 3.05) is 13.2 Å². The fourth-order valence-corrected chi connectivity index (χ4v) is 3.85. The van der Waals surface area contributed by atoms with E-state index in [1.807, 2.05) is 6.92 Å². The largest absolute Gasteiger partial charge is 0.348 e. The lowest BCUT2D eigenvalue weighted by Crippen LogP contribution is -2.26. The van der Waals surface area contributed by atoms with Gasteiger partial charge in [-0.25, -0.2) is 13.2 Å². The molecule has 0 bridgehead atoms. The molecular formula is C27H25F3O2. The third-order valence-corrected chi connectivity index (χ3v) is 5.72. The molecule has 0 aromatic heterocycles. The molecule has 0 N–H and O–H groups in total. The summed E-state index contributed by atoms with van der Waals surface area (Å²) < 4.78 is 54.9. The van der Waals surface area contributed by atoms with Crippen molar-refractivity contribution in [1.82, 2.24) is 0 Å². The standard InChI is InChI=1S/C27H25F3O2/c1-3-5-20-10-12-22(26(30)25(20)29)19-8-6-18(7-9-19)21-11-13-23(24(28)14-21)27-31-15-17(4-2)16-32-27/h4,6-14,17,27H,2-3,5,15-16H2,1H3. The SMILES string of the molecule is C=CC1COC(c2ccc(-c3ccc(-c4ccc(CCC)c(F)c4F)cc3)cc2F)OC1. The first kappa shape index (κ1) is 22.3. The third kappa shape index (κ3) is 4.50. The van der Waals surface area contributed by atoms with Crippen LogP contribution in [0.15, 0.2) is 67.3 Å². The summed E-state index contributed by atoms with van der Waals surface area (Å²) in [4.78, 5) is 0. The van der Waals surface area contributed by atoms with E-state index in [0.29, 0.717) is 41.9 Å². The smallest absolute Gasteiger partial charge is 0.186 e. The molecule has 0 aliphatic carbocycles. The van der Waals surface area contributed by atoms with Crippen LogP contribution in [0.2, 0.25) is 0 Å². The van der Waals surface area contributed by atoms with Crippen molar-refractivity contribution in [3.8, 4) is 22.3 Å². The van der Waals surface area contributed by atoms with Crippen molar-refractivity contribution in [1.29, 1.82) is 0 Å². The molecule has 1 heterocycles. The molecule has 1 aliphatic rings. The number of benzene rings is 3. The Bertz CT molecular complexity index is 1100. The first-order valence-electron chi connectivity index (χ1n) is 10.7. The van der Waals surface area contributed by atoms with Crippen LogP contribution in [0, 0.1) is 23.4 Å². The predicted octanol–water partition coefficient (Wildman–Crippen LogP) is 7.24. The summed E-state index contributed by atoms with van der Waals surface area (Å²) in [6.07, 6.45) is 2.26. The lowest BCUT2D eigenvalue weighted by molar-refractivity contribution is -0.198. The molecular weight excluding hydrogens is 413 g/mol. The zero-order chi connectivity index (χ0) is 22.7. The number of hydrogen-bond donors (Lipinski definition) is 0. The van der Waals surface area contributed by atoms with Crippen LogP contribution in [0.25, 0.3) is 22.3 Å². The number of hydrogen-bond acceptors (Lipinski definition) is 2. The second-order valence-corrected chi connectivity index (χ2v) is 7.96. The van der Waals surface area contributed by atoms with Crippen molar-refractivity contribution in [2.45, 2.75) is 26.1 Å². The van der Waals surface area contributed by atoms with E-state index in [9.17, 15) is 13.2 Å². The number of aryl methyl sites for hydroxylation is 1. The van der Waals surface area contributed by atoms with Gasteiger partial charge in [-0.2, -0.15) is 0 Å². The summed E-state index contributed by atoms with van der Waals surface area (Å²) in [6, 6.07) is 15.1. The molecule has 32 heavy (non-hydrogen) atoms. The highest BCUT2D eigenvalue weighted by molar-refractivity contribution is 5.71. The van der Waals surface area contributed by atoms with Crippen molar-refractivity contribution >= 4 is 0 Å². The topological polar surface area (TPSA) is 18.5 Å². The van der Waals surface area contributed by atoms with Gasteiger partial charge >= 0.3 is 0 Å². The molecule has 0 unspecified atom stereocenters. The minimum atomic E-state index is -0.842. The van der Waals surface area contributed by atoms with Gasteiger partial charge in [0, 0.05) is 17.0 Å². The summed E-state index contributed by atoms with van der Waals surface area (Å²) in [6.45, 7) is 6.52. The average molecular weight is 438 g/mol. The van der Waals surface area contributed by atoms with Crippen LogP contribution in [0.5, 0.6) is 0 Å². The van der Waals surface area contributed by atoms with Crippen molar-refractivity contribution in [3.63, 3.8) is 0 Å². The van der Waals surface area contributed by atoms with Crippen molar-refractivity contribution in [3.05, 3.63) is 95.8 Å². The first-order valence-corrected chi connectivity index (χ1v) is 10.7. The highest BCUT2D eigenvalue weighted by Crippen LogP contribution is 2.32. The summed E-state index contributed by atoms with van der Waals surface area (Å²) in [5.74, 6) is -1.95. The van der Waals surface area contributed by atoms with Gasteiger partial charge in [0.1, 0.15) is 5.82 Å². The molecule has 1 aliphatic heterocycles. The van der Waals surface area contributed by atoms with E-state index in [-0.39, 0.29) is 11.5 Å². The summed E-state index contributed by atoms with van der Waals surface area (Å²) in [7, 11) is 0. The molecule has 0 amide bonds. The molecule has 4 rings (SSSR count). The Morgan fingerprint density at radius 1 is 0.875 bits per heavy atom. The van der Waals surface area contributed by atoms with Gasteiger partial charge in [0.25, 0.3) is 0 Å². The third-order valence-electron chi connectivity index (χ3n) is 5.72. The van der Waals surface area contributed by atoms with Crippen molar-refractivity contribution in [2.24, 2.45) is 5.92 Å². The summed E-state index contributed by atoms with van der Waals surface area (Å²) in [5, 5.41) is 0. The number of ether oxygens (including phenoxy) is 2. The summed E-state index contributed by atoms with van der Waals surface area (Å²) >= 11 is 0. The monoisotopic (exact) mass is 438 g/mol. The quantitative estimate of drug-likeness (QED) is 0.378. The molecule has 1 fully saturated rings. The minimum Gasteiger partial charge on any atom is -0.348 e. The Morgan fingerprint density at radius 2 is 1.53 bits per heavy atom. The molecule has 0 spiro atoms. The molecule has 2 nitrogen and oxygen atoms in total. The van der Waals surface area contributed by atoms with Gasteiger partial charge in [-0.15, -0.1) is 6.58 Å². The van der Waals surface area contributed by atoms with Crippen molar-refractivity contribution < 1.29 is 22.6 Å². The summed E-state index contributed by atoms with van der Waals surface area (Å²) in [5.41, 5.74) is 2.93. The molecule has 3 aromatic carbocycles. The number of halogens is 3. The van der Waals surface area contributed by atoms with Crippen LogP contribution in [-0.2, 0) is 15.9 Å². The van der Waals surface area contributed by atoms with Crippen LogP contribution in [0.4, 0.5) is 13.2 Å². The maximum atomic E-state index is 14.8. The fraction of sp³-hybridized carbons (Fsp3) is 0.259. The van der Waals surface area contributed by atoms with Gasteiger partial charge in [0.2, 0.25) is 0 Å². The molecule has 0 saturated carbocycles. The van der Waals surface area contributed by atoms with Crippen LogP contribution in [0.3, 0.4) is 0 Å². The molecule has 1 saturated heterocycles. The van der Waals surface area contributed by atoms with Gasteiger partial charge in [-0.1, -0.05) is 68.0 Å². The Labute approximate surface area is 186 Å². The van der Waals surface area contributed by atoms with Gasteiger partial charge in [-0.05, 0) is 34.7 Å². The van der Waals surface area contributed by atoms with E-state index in [1.165, 1.54) is 6.07 Å². The van der Waals surface area contributed by atoms with E-state index < -0.39 is 23.7 Å². The lowest BCUT2D eigenvalue weighted by Gasteiger charge is -2.28. The molecule has 3 aromatic rings. The average Bonchev–Trinajstić information content (AvgIpc) is 2.82. The lowest BCUT2D eigenvalue weighted by atomic mass is 9.97. The van der Waals surface area contributed by atoms with Gasteiger partial charge < -0.3 is 9.47 Å². The van der Waals surface area contributed by atoms with E-state index in [4.69, 9.17) is 9.47 Å². The fourth-order valence-electron chi connectivity index (χ4n) is 3.85. The maximum Gasteiger partial charge on any atom is 0.186 e. The molecule has 0 radical (unpaired) electrons. The molecule has 166 valence electrons. The minimum absolute atomic E-state index is 0.105. The van der Waals surface area contributed by atoms with Gasteiger partial charge in [-0.3, -0.25) is 0 Å². The Morgan fingerprint density at radius 3 is 2.16 bits per heavy atom. The molecule has 5 heteroatoms. The Hall–Kier alpha value is -2.89. The Kier molecular flexibility index (Phi) is 6.77. The second kappa shape index (κ2) is 9.72. The highest BCUT2D eigenvalue weighted by atomic mass is 19.2. The van der Waals surface area contributed by atoms with E-state index in [2.05, 4.69) is 6.58 Å². The Balaban J connectivity index is 1.54. The van der Waals surface area contributed by atoms with Crippen LogP contribution < -0.4 is 0 Å². The zero-order valence-electron chi connectivity index (χ0n) is 17.9. The first-order chi connectivity index (χ1) is 15.5. The number of rotatable bonds is 6. The van der Waals surface area contributed by atoms with E-state index >= 15 is 0 Å². The maximum absolute atomic E-state index is 14.8. The van der Waals surface area contributed by atoms with Gasteiger partial charge in [0.15, 0.2) is 17.9 Å². The van der Waals surface area contributed by atoms with E-state index in [0.717, 1.165) is 12.0 Å². The van der Waals surface area contributed by atoms with Crippen LogP contribution in [0.1, 0.15) is 30.8 Å². The van der Waals surface area contributed by atoms with Crippen LogP contribution >= 0.6 is 0 Å². The highest BCUT2D eigenvalue weighted by Gasteiger charge is 2.24. The van der Waals surface area contributed by atoms with Gasteiger partial charge in [0.05, 0.1) is 13.2 Å². The molecule has 0 atom stereocenters. The second-order valence-electron chi connectivity index (χ2n) is 7.96. The van der Waals surface area contributed by atoms with E-state index in [1.54, 1.807) is 54.6 Å². The predicted molar refractivity (Wildman–Crippen MR) is 120 cm³/mol. The van der Waals surface area contributed by atoms with Crippen LogP contribution in [-0.4, -0.2) is 13.2 Å². The normalized spacial score (nSPS) is 18.5.